The number of halogens is 2. The minimum absolute atomic E-state index is 0.0208. The van der Waals surface area contributed by atoms with Gasteiger partial charge in [-0.15, -0.1) is 0 Å². The Hall–Kier alpha value is -1.74. The maximum atomic E-state index is 13.9. The predicted octanol–water partition coefficient (Wildman–Crippen LogP) is 6.93. The summed E-state index contributed by atoms with van der Waals surface area (Å²) in [6.07, 6.45) is 1.78. The third-order valence-electron chi connectivity index (χ3n) is 4.26. The molecule has 26 heavy (non-hydrogen) atoms. The van der Waals surface area contributed by atoms with Gasteiger partial charge in [0.25, 0.3) is 0 Å². The van der Waals surface area contributed by atoms with Gasteiger partial charge in [0.2, 0.25) is 0 Å². The van der Waals surface area contributed by atoms with Crippen molar-refractivity contribution in [1.29, 1.82) is 0 Å². The summed E-state index contributed by atoms with van der Waals surface area (Å²) < 4.78 is 25.5. The number of aryl methyl sites for hydroxylation is 1. The quantitative estimate of drug-likeness (QED) is 0.496. The smallest absolute Gasteiger partial charge is 0.138 e. The Balaban J connectivity index is 1.96. The second-order valence-corrected chi connectivity index (χ2v) is 7.63. The fraction of sp³-hybridized carbons (Fsp3) is 0.455. The van der Waals surface area contributed by atoms with Crippen LogP contribution in [0.5, 0.6) is 11.5 Å². The molecule has 2 nitrogen and oxygen atoms in total. The van der Waals surface area contributed by atoms with Gasteiger partial charge in [-0.1, -0.05) is 24.6 Å². The maximum Gasteiger partial charge on any atom is 0.138 e. The van der Waals surface area contributed by atoms with Crippen LogP contribution in [0.4, 0.5) is 4.39 Å². The van der Waals surface area contributed by atoms with E-state index in [0.717, 1.165) is 24.0 Å². The van der Waals surface area contributed by atoms with Crippen LogP contribution in [-0.2, 0) is 0 Å². The molecule has 0 aliphatic rings. The van der Waals surface area contributed by atoms with Gasteiger partial charge in [0.1, 0.15) is 17.3 Å². The van der Waals surface area contributed by atoms with E-state index in [-0.39, 0.29) is 23.9 Å². The van der Waals surface area contributed by atoms with E-state index in [0.29, 0.717) is 16.5 Å². The lowest BCUT2D eigenvalue weighted by Gasteiger charge is -2.19. The number of benzene rings is 2. The van der Waals surface area contributed by atoms with E-state index in [1.165, 1.54) is 6.07 Å². The van der Waals surface area contributed by atoms with Crippen molar-refractivity contribution in [3.63, 3.8) is 0 Å². The Labute approximate surface area is 161 Å². The first-order valence-corrected chi connectivity index (χ1v) is 9.52. The third kappa shape index (κ3) is 6.21. The zero-order valence-electron chi connectivity index (χ0n) is 16.2. The van der Waals surface area contributed by atoms with Gasteiger partial charge in [0.15, 0.2) is 0 Å². The van der Waals surface area contributed by atoms with E-state index in [1.807, 2.05) is 52.0 Å². The summed E-state index contributed by atoms with van der Waals surface area (Å²) >= 11 is 6.19. The molecule has 2 aromatic rings. The van der Waals surface area contributed by atoms with E-state index in [1.54, 1.807) is 6.07 Å². The van der Waals surface area contributed by atoms with Crippen molar-refractivity contribution in [3.8, 4) is 11.5 Å². The van der Waals surface area contributed by atoms with Crippen LogP contribution < -0.4 is 9.47 Å². The largest absolute Gasteiger partial charge is 0.491 e. The molecule has 2 atom stereocenters. The monoisotopic (exact) mass is 378 g/mol. The van der Waals surface area contributed by atoms with E-state index in [4.69, 9.17) is 21.1 Å². The molecule has 0 aliphatic heterocycles. The first-order chi connectivity index (χ1) is 12.2. The molecule has 0 fully saturated rings. The average Bonchev–Trinajstić information content (AvgIpc) is 2.54. The van der Waals surface area contributed by atoms with Crippen molar-refractivity contribution in [2.45, 2.75) is 65.6 Å². The van der Waals surface area contributed by atoms with Crippen LogP contribution >= 0.6 is 11.6 Å². The van der Waals surface area contributed by atoms with Gasteiger partial charge in [-0.25, -0.2) is 4.39 Å². The average molecular weight is 379 g/mol. The van der Waals surface area contributed by atoms with Crippen molar-refractivity contribution in [3.05, 3.63) is 58.4 Å². The third-order valence-corrected chi connectivity index (χ3v) is 4.57. The molecule has 0 aromatic heterocycles. The van der Waals surface area contributed by atoms with E-state index in [9.17, 15) is 4.39 Å². The van der Waals surface area contributed by atoms with Gasteiger partial charge in [0.05, 0.1) is 17.2 Å². The summed E-state index contributed by atoms with van der Waals surface area (Å²) in [6, 6.07) is 10.7. The van der Waals surface area contributed by atoms with Gasteiger partial charge in [-0.05, 0) is 81.8 Å². The summed E-state index contributed by atoms with van der Waals surface area (Å²) in [5.41, 5.74) is 2.06. The molecule has 142 valence electrons. The highest BCUT2D eigenvalue weighted by molar-refractivity contribution is 6.32. The molecule has 0 aliphatic carbocycles. The molecule has 0 amide bonds. The molecule has 0 bridgehead atoms. The summed E-state index contributed by atoms with van der Waals surface area (Å²) in [6.45, 7) is 10.0. The summed E-state index contributed by atoms with van der Waals surface area (Å²) in [5, 5.41) is 0.621. The van der Waals surface area contributed by atoms with Crippen LogP contribution in [0.2, 0.25) is 5.02 Å². The fourth-order valence-corrected chi connectivity index (χ4v) is 3.00. The van der Waals surface area contributed by atoms with Crippen molar-refractivity contribution in [2.75, 3.05) is 0 Å². The lowest BCUT2D eigenvalue weighted by atomic mass is 9.94. The van der Waals surface area contributed by atoms with E-state index in [2.05, 4.69) is 6.92 Å². The van der Waals surface area contributed by atoms with Gasteiger partial charge in [0, 0.05) is 6.07 Å². The van der Waals surface area contributed by atoms with E-state index < -0.39 is 0 Å². The zero-order valence-corrected chi connectivity index (χ0v) is 16.9. The lowest BCUT2D eigenvalue weighted by molar-refractivity contribution is 0.205. The number of ether oxygens (including phenoxy) is 2. The number of hydrogen-bond donors (Lipinski definition) is 0. The molecule has 0 radical (unpaired) electrons. The molecule has 0 heterocycles. The molecule has 0 N–H and O–H groups in total. The summed E-state index contributed by atoms with van der Waals surface area (Å²) in [7, 11) is 0. The number of rotatable bonds is 8. The SMILES string of the molecule is Cc1ccc(Cl)c(OC(C)CCC(C)c2cc(F)cc(OC(C)C)c2)c1. The molecular formula is C22H28ClFO2. The first kappa shape index (κ1) is 20.6. The molecule has 0 saturated carbocycles. The van der Waals surface area contributed by atoms with Gasteiger partial charge in [-0.2, -0.15) is 0 Å². The van der Waals surface area contributed by atoms with Crippen molar-refractivity contribution in [1.82, 2.24) is 0 Å². The standard InChI is InChI=1S/C22H28ClFO2/c1-14(2)25-20-12-18(11-19(24)13-20)16(4)7-8-17(5)26-22-10-15(3)6-9-21(22)23/h6,9-14,16-17H,7-8H2,1-5H3. The molecule has 2 aromatic carbocycles. The van der Waals surface area contributed by atoms with Gasteiger partial charge < -0.3 is 9.47 Å². The van der Waals surface area contributed by atoms with Crippen molar-refractivity contribution >= 4 is 11.6 Å². The van der Waals surface area contributed by atoms with Crippen LogP contribution in [-0.4, -0.2) is 12.2 Å². The Morgan fingerprint density at radius 1 is 0.962 bits per heavy atom. The minimum atomic E-state index is -0.263. The highest BCUT2D eigenvalue weighted by atomic mass is 35.5. The Bertz CT molecular complexity index is 730. The van der Waals surface area contributed by atoms with Crippen LogP contribution in [0, 0.1) is 12.7 Å². The fourth-order valence-electron chi connectivity index (χ4n) is 2.84. The first-order valence-electron chi connectivity index (χ1n) is 9.14. The topological polar surface area (TPSA) is 18.5 Å². The van der Waals surface area contributed by atoms with Crippen molar-refractivity contribution < 1.29 is 13.9 Å². The normalized spacial score (nSPS) is 13.5. The van der Waals surface area contributed by atoms with Gasteiger partial charge >= 0.3 is 0 Å². The van der Waals surface area contributed by atoms with Crippen molar-refractivity contribution in [2.24, 2.45) is 0 Å². The second-order valence-electron chi connectivity index (χ2n) is 7.23. The lowest BCUT2D eigenvalue weighted by Crippen LogP contribution is -2.13. The number of hydrogen-bond acceptors (Lipinski definition) is 2. The van der Waals surface area contributed by atoms with Crippen LogP contribution in [0.15, 0.2) is 36.4 Å². The van der Waals surface area contributed by atoms with Crippen LogP contribution in [0.3, 0.4) is 0 Å². The molecular weight excluding hydrogens is 351 g/mol. The molecule has 2 unspecified atom stereocenters. The second kappa shape index (κ2) is 9.27. The van der Waals surface area contributed by atoms with Gasteiger partial charge in [-0.3, -0.25) is 0 Å². The predicted molar refractivity (Wildman–Crippen MR) is 106 cm³/mol. The molecule has 2 rings (SSSR count). The zero-order chi connectivity index (χ0) is 19.3. The highest BCUT2D eigenvalue weighted by Crippen LogP contribution is 2.30. The minimum Gasteiger partial charge on any atom is -0.491 e. The highest BCUT2D eigenvalue weighted by Gasteiger charge is 2.14. The summed E-state index contributed by atoms with van der Waals surface area (Å²) in [4.78, 5) is 0. The molecule has 4 heteroatoms. The van der Waals surface area contributed by atoms with E-state index >= 15 is 0 Å². The molecule has 0 spiro atoms. The molecule has 0 saturated heterocycles. The Morgan fingerprint density at radius 3 is 2.38 bits per heavy atom. The summed E-state index contributed by atoms with van der Waals surface area (Å²) in [5.74, 6) is 1.24. The van der Waals surface area contributed by atoms with Crippen LogP contribution in [0.25, 0.3) is 0 Å². The van der Waals surface area contributed by atoms with Crippen LogP contribution in [0.1, 0.15) is 57.6 Å². The Kier molecular flexibility index (Phi) is 7.33. The maximum absolute atomic E-state index is 13.9. The Morgan fingerprint density at radius 2 is 1.69 bits per heavy atom.